The average molecular weight is 321 g/mol. The van der Waals surface area contributed by atoms with Gasteiger partial charge in [0.25, 0.3) is 0 Å². The van der Waals surface area contributed by atoms with Crippen LogP contribution in [0.1, 0.15) is 43.6 Å². The lowest BCUT2D eigenvalue weighted by Gasteiger charge is -2.27. The fourth-order valence-electron chi connectivity index (χ4n) is 2.12. The van der Waals surface area contributed by atoms with E-state index in [1.165, 1.54) is 0 Å². The monoisotopic (exact) mass is 321 g/mol. The second-order valence-electron chi connectivity index (χ2n) is 5.56. The number of nitrogens with zero attached hydrogens (tertiary/aromatic N) is 3. The highest BCUT2D eigenvalue weighted by atomic mass is 32.1. The van der Waals surface area contributed by atoms with Gasteiger partial charge < -0.3 is 5.32 Å². The zero-order valence-corrected chi connectivity index (χ0v) is 14.5. The van der Waals surface area contributed by atoms with Crippen LogP contribution in [0.2, 0.25) is 0 Å². The Morgan fingerprint density at radius 3 is 2.68 bits per heavy atom. The van der Waals surface area contributed by atoms with Crippen LogP contribution in [0.4, 0.5) is 10.6 Å². The number of hydrogen-bond acceptors (Lipinski definition) is 4. The minimum atomic E-state index is -0.477. The molecule has 2 amide bonds. The molecule has 1 atom stereocenters. The molecule has 2 aromatic rings. The SMILES string of the molecule is CCc1cc(NC(=O)N[C@](C)(CC)c2nc(C)cs2)n(C)n1. The molecule has 120 valence electrons. The number of aromatic nitrogens is 3. The molecular formula is C15H23N5OS. The van der Waals surface area contributed by atoms with Gasteiger partial charge in [0.05, 0.1) is 11.2 Å². The van der Waals surface area contributed by atoms with E-state index in [0.717, 1.165) is 29.2 Å². The third-order valence-electron chi connectivity index (χ3n) is 3.72. The lowest BCUT2D eigenvalue weighted by atomic mass is 10.0. The summed E-state index contributed by atoms with van der Waals surface area (Å²) in [7, 11) is 1.82. The van der Waals surface area contributed by atoms with Gasteiger partial charge in [-0.3, -0.25) is 10.00 Å². The van der Waals surface area contributed by atoms with Gasteiger partial charge in [-0.25, -0.2) is 9.78 Å². The van der Waals surface area contributed by atoms with E-state index < -0.39 is 5.54 Å². The highest BCUT2D eigenvalue weighted by Crippen LogP contribution is 2.27. The van der Waals surface area contributed by atoms with Crippen molar-refractivity contribution in [3.8, 4) is 0 Å². The molecule has 0 fully saturated rings. The molecule has 0 radical (unpaired) electrons. The van der Waals surface area contributed by atoms with Crippen molar-refractivity contribution in [2.75, 3.05) is 5.32 Å². The molecular weight excluding hydrogens is 298 g/mol. The number of thiazole rings is 1. The first kappa shape index (κ1) is 16.5. The molecule has 0 saturated carbocycles. The first-order valence-corrected chi connectivity index (χ1v) is 8.30. The predicted molar refractivity (Wildman–Crippen MR) is 89.2 cm³/mol. The van der Waals surface area contributed by atoms with Crippen molar-refractivity contribution in [3.63, 3.8) is 0 Å². The van der Waals surface area contributed by atoms with Crippen molar-refractivity contribution in [1.82, 2.24) is 20.1 Å². The van der Waals surface area contributed by atoms with Crippen LogP contribution in [0.15, 0.2) is 11.4 Å². The number of amides is 2. The molecule has 0 spiro atoms. The van der Waals surface area contributed by atoms with Crippen molar-refractivity contribution in [1.29, 1.82) is 0 Å². The van der Waals surface area contributed by atoms with Gasteiger partial charge in [-0.2, -0.15) is 5.10 Å². The summed E-state index contributed by atoms with van der Waals surface area (Å²) in [5.41, 5.74) is 1.45. The lowest BCUT2D eigenvalue weighted by molar-refractivity contribution is 0.237. The van der Waals surface area contributed by atoms with Crippen molar-refractivity contribution in [2.45, 2.75) is 46.1 Å². The summed E-state index contributed by atoms with van der Waals surface area (Å²) < 4.78 is 1.68. The van der Waals surface area contributed by atoms with Gasteiger partial charge >= 0.3 is 6.03 Å². The van der Waals surface area contributed by atoms with E-state index in [1.54, 1.807) is 16.0 Å². The first-order valence-electron chi connectivity index (χ1n) is 7.42. The molecule has 0 saturated heterocycles. The average Bonchev–Trinajstić information content (AvgIpc) is 3.05. The van der Waals surface area contributed by atoms with E-state index in [2.05, 4.69) is 20.7 Å². The maximum Gasteiger partial charge on any atom is 0.321 e. The maximum atomic E-state index is 12.3. The molecule has 0 aliphatic rings. The van der Waals surface area contributed by atoms with Gasteiger partial charge in [-0.15, -0.1) is 11.3 Å². The summed E-state index contributed by atoms with van der Waals surface area (Å²) in [6.07, 6.45) is 1.60. The van der Waals surface area contributed by atoms with Crippen LogP contribution in [-0.4, -0.2) is 20.8 Å². The minimum Gasteiger partial charge on any atom is -0.326 e. The third-order valence-corrected chi connectivity index (χ3v) is 4.95. The number of rotatable bonds is 5. The van der Waals surface area contributed by atoms with Crippen LogP contribution in [0.5, 0.6) is 0 Å². The molecule has 2 heterocycles. The highest BCUT2D eigenvalue weighted by molar-refractivity contribution is 7.09. The normalized spacial score (nSPS) is 13.7. The molecule has 2 N–H and O–H groups in total. The third kappa shape index (κ3) is 3.47. The van der Waals surface area contributed by atoms with Crippen LogP contribution < -0.4 is 10.6 Å². The molecule has 0 aliphatic heterocycles. The van der Waals surface area contributed by atoms with Crippen LogP contribution in [0.25, 0.3) is 0 Å². The number of hydrogen-bond donors (Lipinski definition) is 2. The minimum absolute atomic E-state index is 0.247. The Balaban J connectivity index is 2.10. The summed E-state index contributed by atoms with van der Waals surface area (Å²) in [6, 6.07) is 1.64. The first-order chi connectivity index (χ1) is 10.4. The largest absolute Gasteiger partial charge is 0.326 e. The Bertz CT molecular complexity index is 663. The number of carbonyl (C=O) groups excluding carboxylic acids is 1. The van der Waals surface area contributed by atoms with Gasteiger partial charge in [-0.1, -0.05) is 13.8 Å². The van der Waals surface area contributed by atoms with E-state index in [0.29, 0.717) is 5.82 Å². The quantitative estimate of drug-likeness (QED) is 0.888. The fraction of sp³-hybridized carbons (Fsp3) is 0.533. The maximum absolute atomic E-state index is 12.3. The fourth-order valence-corrected chi connectivity index (χ4v) is 3.10. The highest BCUT2D eigenvalue weighted by Gasteiger charge is 2.30. The summed E-state index contributed by atoms with van der Waals surface area (Å²) in [5.74, 6) is 0.683. The Morgan fingerprint density at radius 2 is 2.18 bits per heavy atom. The Labute approximate surface area is 135 Å². The molecule has 6 nitrogen and oxygen atoms in total. The van der Waals surface area contributed by atoms with E-state index >= 15 is 0 Å². The molecule has 0 bridgehead atoms. The number of carbonyl (C=O) groups is 1. The zero-order valence-electron chi connectivity index (χ0n) is 13.7. The van der Waals surface area contributed by atoms with Gasteiger partial charge in [0.15, 0.2) is 0 Å². The topological polar surface area (TPSA) is 71.8 Å². The number of aryl methyl sites for hydroxylation is 3. The number of nitrogens with one attached hydrogen (secondary N) is 2. The molecule has 2 rings (SSSR count). The second kappa shape index (κ2) is 6.48. The zero-order chi connectivity index (χ0) is 16.3. The number of anilines is 1. The van der Waals surface area contributed by atoms with Crippen LogP contribution in [0, 0.1) is 6.92 Å². The van der Waals surface area contributed by atoms with E-state index in [9.17, 15) is 4.79 Å². The van der Waals surface area contributed by atoms with Crippen LogP contribution in [-0.2, 0) is 19.0 Å². The molecule has 22 heavy (non-hydrogen) atoms. The number of urea groups is 1. The van der Waals surface area contributed by atoms with Crippen molar-refractivity contribution in [2.24, 2.45) is 7.05 Å². The summed E-state index contributed by atoms with van der Waals surface area (Å²) in [6.45, 7) is 8.02. The van der Waals surface area contributed by atoms with E-state index in [1.807, 2.05) is 46.2 Å². The summed E-state index contributed by atoms with van der Waals surface area (Å²) >= 11 is 1.57. The predicted octanol–water partition coefficient (Wildman–Crippen LogP) is 3.19. The summed E-state index contributed by atoms with van der Waals surface area (Å²) in [5, 5.41) is 13.1. The molecule has 0 unspecified atom stereocenters. The molecule has 7 heteroatoms. The van der Waals surface area contributed by atoms with Gasteiger partial charge in [0.2, 0.25) is 0 Å². The molecule has 0 aromatic carbocycles. The smallest absolute Gasteiger partial charge is 0.321 e. The van der Waals surface area contributed by atoms with Gasteiger partial charge in [0, 0.05) is 24.2 Å². The van der Waals surface area contributed by atoms with E-state index in [-0.39, 0.29) is 6.03 Å². The Kier molecular flexibility index (Phi) is 4.85. The van der Waals surface area contributed by atoms with E-state index in [4.69, 9.17) is 0 Å². The summed E-state index contributed by atoms with van der Waals surface area (Å²) in [4.78, 5) is 16.8. The Hall–Kier alpha value is -1.89. The van der Waals surface area contributed by atoms with Crippen molar-refractivity contribution in [3.05, 3.63) is 27.8 Å². The molecule has 2 aromatic heterocycles. The van der Waals surface area contributed by atoms with Gasteiger partial charge in [-0.05, 0) is 26.7 Å². The molecule has 0 aliphatic carbocycles. The van der Waals surface area contributed by atoms with Crippen LogP contribution in [0.3, 0.4) is 0 Å². The van der Waals surface area contributed by atoms with Crippen molar-refractivity contribution < 1.29 is 4.79 Å². The lowest BCUT2D eigenvalue weighted by Crippen LogP contribution is -2.45. The van der Waals surface area contributed by atoms with Crippen molar-refractivity contribution >= 4 is 23.2 Å². The van der Waals surface area contributed by atoms with Crippen LogP contribution >= 0.6 is 11.3 Å². The standard InChI is InChI=1S/C15H23N5OS/c1-6-11-8-12(20(5)19-11)17-14(21)18-15(4,7-2)13-16-10(3)9-22-13/h8-9H,6-7H2,1-5H3,(H2,17,18,21)/t15-/m1/s1. The Morgan fingerprint density at radius 1 is 1.45 bits per heavy atom. The van der Waals surface area contributed by atoms with Gasteiger partial charge in [0.1, 0.15) is 10.8 Å². The second-order valence-corrected chi connectivity index (χ2v) is 6.42.